The zero-order valence-corrected chi connectivity index (χ0v) is 20.2. The van der Waals surface area contributed by atoms with Gasteiger partial charge < -0.3 is 10.1 Å². The number of methoxy groups -OCH3 is 1. The first-order valence-electron chi connectivity index (χ1n) is 9.71. The molecule has 2 heterocycles. The Hall–Kier alpha value is -2.95. The average molecular weight is 484 g/mol. The highest BCUT2D eigenvalue weighted by molar-refractivity contribution is 8.00. The molecule has 32 heavy (non-hydrogen) atoms. The maximum absolute atomic E-state index is 12.3. The van der Waals surface area contributed by atoms with Crippen LogP contribution < -0.4 is 15.0 Å². The lowest BCUT2D eigenvalue weighted by Crippen LogP contribution is -2.22. The third-order valence-corrected chi connectivity index (χ3v) is 7.28. The molecule has 2 aromatic heterocycles. The summed E-state index contributed by atoms with van der Waals surface area (Å²) in [6, 6.07) is 15.5. The first kappa shape index (κ1) is 22.3. The van der Waals surface area contributed by atoms with E-state index in [4.69, 9.17) is 4.74 Å². The summed E-state index contributed by atoms with van der Waals surface area (Å²) >= 11 is 4.48. The van der Waals surface area contributed by atoms with E-state index in [9.17, 15) is 4.79 Å². The van der Waals surface area contributed by atoms with Crippen molar-refractivity contribution in [1.29, 1.82) is 0 Å². The lowest BCUT2D eigenvalue weighted by atomic mass is 10.2. The quantitative estimate of drug-likeness (QED) is 0.306. The molecule has 0 saturated carbocycles. The molecular weight excluding hydrogens is 462 g/mol. The molecule has 0 aliphatic carbocycles. The maximum atomic E-state index is 12.3. The molecule has 1 amide bonds. The summed E-state index contributed by atoms with van der Waals surface area (Å²) in [4.78, 5) is 18.6. The number of ether oxygens (including phenoxy) is 1. The largest absolute Gasteiger partial charge is 0.495 e. The Balaban J connectivity index is 1.42. The van der Waals surface area contributed by atoms with E-state index in [0.29, 0.717) is 16.0 Å². The molecule has 4 rings (SSSR count). The summed E-state index contributed by atoms with van der Waals surface area (Å²) in [5.41, 5.74) is 3.65. The Morgan fingerprint density at radius 1 is 1.19 bits per heavy atom. The van der Waals surface area contributed by atoms with E-state index in [2.05, 4.69) is 20.5 Å². The van der Waals surface area contributed by atoms with Gasteiger partial charge in [0.1, 0.15) is 5.75 Å². The first-order valence-corrected chi connectivity index (χ1v) is 12.4. The Morgan fingerprint density at radius 2 is 2.03 bits per heavy atom. The third-order valence-electron chi connectivity index (χ3n) is 4.40. The molecule has 1 N–H and O–H groups in total. The van der Waals surface area contributed by atoms with Crippen LogP contribution in [-0.2, 0) is 10.5 Å². The van der Waals surface area contributed by atoms with Gasteiger partial charge in [-0.1, -0.05) is 47.4 Å². The number of rotatable bonds is 8. The topological polar surface area (TPSA) is 80.2 Å². The molecule has 0 radical (unpaired) electrons. The number of amides is 1. The zero-order chi connectivity index (χ0) is 22.5. The van der Waals surface area contributed by atoms with Gasteiger partial charge >= 0.3 is 0 Å². The summed E-state index contributed by atoms with van der Waals surface area (Å²) in [6.07, 6.45) is 0. The van der Waals surface area contributed by atoms with Gasteiger partial charge in [0.05, 0.1) is 24.2 Å². The number of benzene rings is 2. The summed E-state index contributed by atoms with van der Waals surface area (Å²) in [7, 11) is 1.64. The highest BCUT2D eigenvalue weighted by Crippen LogP contribution is 2.34. The Labute approximate surface area is 198 Å². The summed E-state index contributed by atoms with van der Waals surface area (Å²) < 4.78 is 6.19. The molecule has 0 spiro atoms. The Kier molecular flexibility index (Phi) is 7.03. The normalized spacial score (nSPS) is 10.7. The number of nitrogens with one attached hydrogen (secondary N) is 1. The molecule has 2 aromatic carbocycles. The molecule has 0 bridgehead atoms. The molecule has 7 nitrogen and oxygen atoms in total. The van der Waals surface area contributed by atoms with E-state index >= 15 is 0 Å². The standard InChI is InChI=1S/C22H21N5O2S3/c1-14-7-6-8-17(11-14)27(15(2)28)21-23-16(12-30-21)13-31-22-26-25-20(32-22)24-18-9-4-5-10-19(18)29-3/h4-12H,13H2,1-3H3,(H,24,25). The molecule has 0 aliphatic rings. The Morgan fingerprint density at radius 3 is 2.81 bits per heavy atom. The molecule has 0 fully saturated rings. The number of thioether (sulfide) groups is 1. The average Bonchev–Trinajstić information content (AvgIpc) is 3.42. The number of hydrogen-bond acceptors (Lipinski definition) is 9. The van der Waals surface area contributed by atoms with Crippen LogP contribution in [0, 0.1) is 6.92 Å². The maximum Gasteiger partial charge on any atom is 0.230 e. The predicted octanol–water partition coefficient (Wildman–Crippen LogP) is 6.03. The van der Waals surface area contributed by atoms with Crippen LogP contribution >= 0.6 is 34.4 Å². The van der Waals surface area contributed by atoms with Crippen molar-refractivity contribution in [3.05, 3.63) is 65.2 Å². The van der Waals surface area contributed by atoms with Crippen LogP contribution in [0.15, 0.2) is 58.3 Å². The second kappa shape index (κ2) is 10.1. The van der Waals surface area contributed by atoms with Crippen molar-refractivity contribution in [1.82, 2.24) is 15.2 Å². The molecule has 164 valence electrons. The smallest absolute Gasteiger partial charge is 0.230 e. The van der Waals surface area contributed by atoms with E-state index in [1.54, 1.807) is 30.7 Å². The molecule has 0 saturated heterocycles. The minimum Gasteiger partial charge on any atom is -0.495 e. The number of aromatic nitrogens is 3. The van der Waals surface area contributed by atoms with Crippen LogP contribution in [0.4, 0.5) is 21.6 Å². The lowest BCUT2D eigenvalue weighted by molar-refractivity contribution is -0.115. The molecule has 10 heteroatoms. The molecule has 0 aliphatic heterocycles. The van der Waals surface area contributed by atoms with E-state index in [-0.39, 0.29) is 5.91 Å². The molecule has 0 atom stereocenters. The fourth-order valence-electron chi connectivity index (χ4n) is 2.98. The second-order valence-electron chi connectivity index (χ2n) is 6.80. The van der Waals surface area contributed by atoms with Crippen molar-refractivity contribution < 1.29 is 9.53 Å². The predicted molar refractivity (Wildman–Crippen MR) is 132 cm³/mol. The van der Waals surface area contributed by atoms with Gasteiger partial charge in [-0.25, -0.2) is 4.98 Å². The van der Waals surface area contributed by atoms with Crippen molar-refractivity contribution >= 4 is 62.0 Å². The highest BCUT2D eigenvalue weighted by atomic mass is 32.2. The van der Waals surface area contributed by atoms with Crippen molar-refractivity contribution in [3.8, 4) is 5.75 Å². The van der Waals surface area contributed by atoms with Crippen LogP contribution in [0.1, 0.15) is 18.2 Å². The van der Waals surface area contributed by atoms with Crippen molar-refractivity contribution in [2.75, 3.05) is 17.3 Å². The van der Waals surface area contributed by atoms with Gasteiger partial charge in [-0.2, -0.15) is 0 Å². The van der Waals surface area contributed by atoms with Crippen LogP contribution in [0.25, 0.3) is 0 Å². The van der Waals surface area contributed by atoms with Crippen molar-refractivity contribution in [2.45, 2.75) is 23.9 Å². The SMILES string of the molecule is COc1ccccc1Nc1nnc(SCc2csc(N(C(C)=O)c3cccc(C)c3)n2)s1. The summed E-state index contributed by atoms with van der Waals surface area (Å²) in [5.74, 6) is 1.31. The van der Waals surface area contributed by atoms with E-state index < -0.39 is 0 Å². The first-order chi connectivity index (χ1) is 15.5. The van der Waals surface area contributed by atoms with Gasteiger partial charge in [0, 0.05) is 18.1 Å². The fourth-order valence-corrected chi connectivity index (χ4v) is 5.63. The van der Waals surface area contributed by atoms with Gasteiger partial charge in [0.25, 0.3) is 0 Å². The van der Waals surface area contributed by atoms with Gasteiger partial charge in [-0.05, 0) is 36.8 Å². The lowest BCUT2D eigenvalue weighted by Gasteiger charge is -2.18. The summed E-state index contributed by atoms with van der Waals surface area (Å²) in [6.45, 7) is 3.56. The number of thiazole rings is 1. The number of nitrogens with zero attached hydrogens (tertiary/aromatic N) is 4. The van der Waals surface area contributed by atoms with Gasteiger partial charge in [-0.3, -0.25) is 9.69 Å². The highest BCUT2D eigenvalue weighted by Gasteiger charge is 2.18. The minimum absolute atomic E-state index is 0.0691. The number of anilines is 4. The zero-order valence-electron chi connectivity index (χ0n) is 17.7. The van der Waals surface area contributed by atoms with Crippen molar-refractivity contribution in [3.63, 3.8) is 0 Å². The number of aryl methyl sites for hydroxylation is 1. The van der Waals surface area contributed by atoms with E-state index in [1.807, 2.05) is 60.8 Å². The summed E-state index contributed by atoms with van der Waals surface area (Å²) in [5, 5.41) is 15.0. The van der Waals surface area contributed by atoms with E-state index in [1.165, 1.54) is 22.7 Å². The third kappa shape index (κ3) is 5.26. The van der Waals surface area contributed by atoms with Crippen LogP contribution in [-0.4, -0.2) is 28.2 Å². The number of carbonyl (C=O) groups is 1. The Bertz CT molecular complexity index is 1220. The van der Waals surface area contributed by atoms with Crippen molar-refractivity contribution in [2.24, 2.45) is 0 Å². The second-order valence-corrected chi connectivity index (χ2v) is 9.84. The van der Waals surface area contributed by atoms with Crippen LogP contribution in [0.5, 0.6) is 5.75 Å². The minimum atomic E-state index is -0.0691. The van der Waals surface area contributed by atoms with Gasteiger partial charge in [0.15, 0.2) is 9.47 Å². The van der Waals surface area contributed by atoms with Gasteiger partial charge in [-0.15, -0.1) is 21.5 Å². The fraction of sp³-hybridized carbons (Fsp3) is 0.182. The molecular formula is C22H21N5O2S3. The monoisotopic (exact) mass is 483 g/mol. The number of carbonyl (C=O) groups excluding carboxylic acids is 1. The molecule has 4 aromatic rings. The van der Waals surface area contributed by atoms with Gasteiger partial charge in [0.2, 0.25) is 11.0 Å². The van der Waals surface area contributed by atoms with Crippen LogP contribution in [0.2, 0.25) is 0 Å². The number of hydrogen-bond donors (Lipinski definition) is 1. The molecule has 0 unspecified atom stereocenters. The number of para-hydroxylation sites is 2. The van der Waals surface area contributed by atoms with Crippen LogP contribution in [0.3, 0.4) is 0 Å². The van der Waals surface area contributed by atoms with E-state index in [0.717, 1.165) is 32.7 Å².